The van der Waals surface area contributed by atoms with E-state index in [-0.39, 0.29) is 17.8 Å². The minimum absolute atomic E-state index is 0.00902. The molecule has 1 unspecified atom stereocenters. The average Bonchev–Trinajstić information content (AvgIpc) is 3.66. The number of piperidine rings is 1. The van der Waals surface area contributed by atoms with Gasteiger partial charge in [-0.05, 0) is 49.6 Å². The molecule has 8 rings (SSSR count). The number of fused-ring (bicyclic) bond motifs is 3. The molecule has 8 heteroatoms. The number of para-hydroxylation sites is 2. The molecule has 0 spiro atoms. The SMILES string of the molecule is CC(c1ccc(-c2[nH]c3cc4ncnc4cc3nc2-c2ccccc2)cc1)N1CCC(n2c(=O)[nH]c3ccccc32)CC1. The lowest BCUT2D eigenvalue weighted by Crippen LogP contribution is -2.38. The Labute approximate surface area is 248 Å². The highest BCUT2D eigenvalue weighted by atomic mass is 16.1. The van der Waals surface area contributed by atoms with Gasteiger partial charge in [0.1, 0.15) is 6.33 Å². The van der Waals surface area contributed by atoms with E-state index < -0.39 is 0 Å². The maximum absolute atomic E-state index is 12.7. The molecule has 8 nitrogen and oxygen atoms in total. The summed E-state index contributed by atoms with van der Waals surface area (Å²) in [5.41, 5.74) is 10.7. The van der Waals surface area contributed by atoms with Gasteiger partial charge in [0.2, 0.25) is 0 Å². The fraction of sp³-hybridized carbons (Fsp3) is 0.200. The molecule has 0 aliphatic carbocycles. The van der Waals surface area contributed by atoms with Crippen molar-refractivity contribution in [2.75, 3.05) is 13.1 Å². The first kappa shape index (κ1) is 25.6. The average molecular weight is 566 g/mol. The van der Waals surface area contributed by atoms with Crippen LogP contribution in [-0.2, 0) is 0 Å². The van der Waals surface area contributed by atoms with Gasteiger partial charge in [0, 0.05) is 36.3 Å². The first-order valence-corrected chi connectivity index (χ1v) is 14.9. The lowest BCUT2D eigenvalue weighted by molar-refractivity contribution is 0.144. The molecule has 43 heavy (non-hydrogen) atoms. The van der Waals surface area contributed by atoms with E-state index in [9.17, 15) is 4.79 Å². The summed E-state index contributed by atoms with van der Waals surface area (Å²) in [4.78, 5) is 35.8. The molecule has 0 amide bonds. The summed E-state index contributed by atoms with van der Waals surface area (Å²) in [6.45, 7) is 4.16. The highest BCUT2D eigenvalue weighted by molar-refractivity contribution is 5.94. The summed E-state index contributed by atoms with van der Waals surface area (Å²) in [7, 11) is 0. The number of likely N-dealkylation sites (tertiary alicyclic amines) is 1. The van der Waals surface area contributed by atoms with Crippen molar-refractivity contribution in [2.45, 2.75) is 31.8 Å². The van der Waals surface area contributed by atoms with Crippen LogP contribution >= 0.6 is 0 Å². The zero-order chi connectivity index (χ0) is 28.9. The molecule has 3 aromatic heterocycles. The summed E-state index contributed by atoms with van der Waals surface area (Å²) in [5.74, 6) is 0. The van der Waals surface area contributed by atoms with E-state index in [0.29, 0.717) is 0 Å². The van der Waals surface area contributed by atoms with E-state index >= 15 is 0 Å². The number of imidazole rings is 2. The van der Waals surface area contributed by atoms with Crippen LogP contribution in [0.5, 0.6) is 0 Å². The van der Waals surface area contributed by atoms with Crippen LogP contribution in [-0.4, -0.2) is 47.5 Å². The molecule has 1 aliphatic rings. The first-order chi connectivity index (χ1) is 21.1. The summed E-state index contributed by atoms with van der Waals surface area (Å²) in [5, 5.41) is 0. The van der Waals surface area contributed by atoms with E-state index in [1.54, 1.807) is 6.33 Å². The smallest absolute Gasteiger partial charge is 0.326 e. The third-order valence-corrected chi connectivity index (χ3v) is 8.98. The van der Waals surface area contributed by atoms with Crippen molar-refractivity contribution in [1.82, 2.24) is 34.4 Å². The van der Waals surface area contributed by atoms with Gasteiger partial charge in [0.25, 0.3) is 0 Å². The number of aromatic amines is 2. The lowest BCUT2D eigenvalue weighted by atomic mass is 9.97. The van der Waals surface area contributed by atoms with Gasteiger partial charge in [0.15, 0.2) is 0 Å². The Morgan fingerprint density at radius 3 is 2.28 bits per heavy atom. The first-order valence-electron chi connectivity index (χ1n) is 14.9. The maximum atomic E-state index is 12.7. The van der Waals surface area contributed by atoms with E-state index in [2.05, 4.69) is 68.2 Å². The molecule has 1 fully saturated rings. The van der Waals surface area contributed by atoms with Crippen LogP contribution in [0.25, 0.3) is 55.6 Å². The van der Waals surface area contributed by atoms with Gasteiger partial charge in [-0.25, -0.2) is 19.7 Å². The van der Waals surface area contributed by atoms with Crippen molar-refractivity contribution < 1.29 is 0 Å². The zero-order valence-corrected chi connectivity index (χ0v) is 23.9. The fourth-order valence-electron chi connectivity index (χ4n) is 6.61. The Bertz CT molecular complexity index is 2140. The Morgan fingerprint density at radius 1 is 0.767 bits per heavy atom. The maximum Gasteiger partial charge on any atom is 0.326 e. The number of nitrogens with zero attached hydrogens (tertiary/aromatic N) is 5. The molecule has 1 atom stereocenters. The van der Waals surface area contributed by atoms with E-state index in [1.165, 1.54) is 5.56 Å². The van der Waals surface area contributed by atoms with Gasteiger partial charge >= 0.3 is 5.69 Å². The van der Waals surface area contributed by atoms with E-state index in [1.807, 2.05) is 59.2 Å². The highest BCUT2D eigenvalue weighted by Gasteiger charge is 2.26. The third-order valence-electron chi connectivity index (χ3n) is 8.98. The largest absolute Gasteiger partial charge is 0.351 e. The summed E-state index contributed by atoms with van der Waals surface area (Å²) < 4.78 is 1.96. The number of rotatable bonds is 5. The van der Waals surface area contributed by atoms with Crippen molar-refractivity contribution in [2.24, 2.45) is 0 Å². The molecule has 0 radical (unpaired) electrons. The number of benzene rings is 4. The Balaban J connectivity index is 1.07. The molecule has 2 N–H and O–H groups in total. The summed E-state index contributed by atoms with van der Waals surface area (Å²) >= 11 is 0. The van der Waals surface area contributed by atoms with Crippen LogP contribution in [0, 0.1) is 0 Å². The van der Waals surface area contributed by atoms with Crippen LogP contribution in [0.4, 0.5) is 0 Å². The molecular formula is C35H31N7O. The van der Waals surface area contributed by atoms with Crippen molar-refractivity contribution in [3.8, 4) is 22.5 Å². The van der Waals surface area contributed by atoms with E-state index in [0.717, 1.165) is 81.5 Å². The van der Waals surface area contributed by atoms with Crippen molar-refractivity contribution in [1.29, 1.82) is 0 Å². The molecule has 4 aromatic carbocycles. The van der Waals surface area contributed by atoms with Gasteiger partial charge in [-0.15, -0.1) is 0 Å². The predicted molar refractivity (Wildman–Crippen MR) is 171 cm³/mol. The number of hydrogen-bond donors (Lipinski definition) is 2. The van der Waals surface area contributed by atoms with Crippen molar-refractivity contribution in [3.05, 3.63) is 113 Å². The van der Waals surface area contributed by atoms with Crippen molar-refractivity contribution in [3.63, 3.8) is 0 Å². The highest BCUT2D eigenvalue weighted by Crippen LogP contribution is 2.34. The van der Waals surface area contributed by atoms with Gasteiger partial charge in [0.05, 0.1) is 44.5 Å². The Hall–Kier alpha value is -5.08. The van der Waals surface area contributed by atoms with Crippen LogP contribution in [0.3, 0.4) is 0 Å². The van der Waals surface area contributed by atoms with E-state index in [4.69, 9.17) is 4.98 Å². The van der Waals surface area contributed by atoms with Gasteiger partial charge in [-0.2, -0.15) is 0 Å². The van der Waals surface area contributed by atoms with Crippen molar-refractivity contribution >= 4 is 33.1 Å². The quantitative estimate of drug-likeness (QED) is 0.237. The molecular weight excluding hydrogens is 534 g/mol. The molecule has 4 heterocycles. The summed E-state index contributed by atoms with van der Waals surface area (Å²) in [6, 6.07) is 31.6. The molecule has 0 bridgehead atoms. The van der Waals surface area contributed by atoms with Gasteiger partial charge in [-0.1, -0.05) is 66.7 Å². The number of nitrogens with one attached hydrogen (secondary N) is 2. The van der Waals surface area contributed by atoms with Crippen LogP contribution < -0.4 is 5.69 Å². The number of hydrogen-bond acceptors (Lipinski definition) is 5. The molecule has 0 saturated carbocycles. The number of aromatic nitrogens is 6. The van der Waals surface area contributed by atoms with Crippen LogP contribution in [0.1, 0.15) is 37.4 Å². The second-order valence-corrected chi connectivity index (χ2v) is 11.4. The minimum atomic E-state index is -0.00902. The minimum Gasteiger partial charge on any atom is -0.351 e. The second-order valence-electron chi connectivity index (χ2n) is 11.4. The van der Waals surface area contributed by atoms with Gasteiger partial charge < -0.3 is 9.97 Å². The molecule has 7 aromatic rings. The monoisotopic (exact) mass is 565 g/mol. The van der Waals surface area contributed by atoms with Crippen LogP contribution in [0.15, 0.2) is 102 Å². The summed E-state index contributed by atoms with van der Waals surface area (Å²) in [6.07, 6.45) is 3.49. The number of H-pyrrole nitrogens is 2. The Kier molecular flexibility index (Phi) is 6.15. The fourth-order valence-corrected chi connectivity index (χ4v) is 6.61. The lowest BCUT2D eigenvalue weighted by Gasteiger charge is -2.36. The predicted octanol–water partition coefficient (Wildman–Crippen LogP) is 6.88. The zero-order valence-electron chi connectivity index (χ0n) is 23.9. The second kappa shape index (κ2) is 10.3. The normalized spacial score (nSPS) is 15.5. The van der Waals surface area contributed by atoms with Crippen LogP contribution in [0.2, 0.25) is 0 Å². The molecule has 212 valence electrons. The van der Waals surface area contributed by atoms with Gasteiger partial charge in [-0.3, -0.25) is 9.47 Å². The standard InChI is InChI=1S/C35H31N7O/c1-22(41-17-15-26(16-18-41)42-32-10-6-5-9-27(32)40-35(42)43)23-11-13-25(14-12-23)34-33(24-7-3-2-4-8-24)38-30-19-28-29(37-21-36-28)20-31(30)39-34/h2-14,19-22,26,39H,15-18H2,1H3,(H,40,43). The molecule has 1 saturated heterocycles. The third kappa shape index (κ3) is 4.51. The topological polar surface area (TPSA) is 95.5 Å². The molecule has 1 aliphatic heterocycles. The Morgan fingerprint density at radius 2 is 1.49 bits per heavy atom.